The molecule has 0 unspecified atom stereocenters. The van der Waals surface area contributed by atoms with Gasteiger partial charge in [0.1, 0.15) is 6.04 Å². The first-order valence-corrected chi connectivity index (χ1v) is 10.5. The molecule has 4 atom stereocenters. The van der Waals surface area contributed by atoms with Gasteiger partial charge in [-0.25, -0.2) is 9.59 Å². The van der Waals surface area contributed by atoms with Crippen molar-refractivity contribution in [2.75, 3.05) is 0 Å². The number of likely N-dealkylation sites (tertiary alicyclic amines) is 1. The highest BCUT2D eigenvalue weighted by molar-refractivity contribution is 6.08. The van der Waals surface area contributed by atoms with Crippen molar-refractivity contribution in [2.24, 2.45) is 11.8 Å². The molecule has 1 heterocycles. The van der Waals surface area contributed by atoms with E-state index < -0.39 is 30.1 Å². The summed E-state index contributed by atoms with van der Waals surface area (Å²) in [7, 11) is 0. The number of ether oxygens (including phenoxy) is 1. The Balaban J connectivity index is 1.51. The highest BCUT2D eigenvalue weighted by Crippen LogP contribution is 2.38. The van der Waals surface area contributed by atoms with Crippen LogP contribution >= 0.6 is 0 Å². The van der Waals surface area contributed by atoms with Crippen LogP contribution in [0.2, 0.25) is 0 Å². The quantitative estimate of drug-likeness (QED) is 0.522. The predicted molar refractivity (Wildman–Crippen MR) is 101 cm³/mol. The summed E-state index contributed by atoms with van der Waals surface area (Å²) in [5, 5.41) is 4.88. The van der Waals surface area contributed by atoms with Crippen molar-refractivity contribution in [2.45, 2.75) is 83.4 Å². The number of fused-ring (bicyclic) bond motifs is 1. The van der Waals surface area contributed by atoms with E-state index in [-0.39, 0.29) is 29.7 Å². The minimum absolute atomic E-state index is 0.0522. The fourth-order valence-electron chi connectivity index (χ4n) is 4.51. The van der Waals surface area contributed by atoms with Crippen LogP contribution in [0.15, 0.2) is 0 Å². The number of amides is 5. The van der Waals surface area contributed by atoms with E-state index in [2.05, 4.69) is 10.6 Å². The number of carbonyl (C=O) groups is 5. The fourth-order valence-corrected chi connectivity index (χ4v) is 4.51. The van der Waals surface area contributed by atoms with Crippen molar-refractivity contribution in [3.05, 3.63) is 0 Å². The Labute approximate surface area is 169 Å². The van der Waals surface area contributed by atoms with Crippen LogP contribution < -0.4 is 10.6 Å². The van der Waals surface area contributed by atoms with Gasteiger partial charge in [0, 0.05) is 6.04 Å². The minimum Gasteiger partial charge on any atom is -0.451 e. The van der Waals surface area contributed by atoms with Gasteiger partial charge < -0.3 is 10.1 Å². The largest absolute Gasteiger partial charge is 0.451 e. The third kappa shape index (κ3) is 4.59. The molecule has 3 fully saturated rings. The molecule has 5 amide bonds. The van der Waals surface area contributed by atoms with Crippen LogP contribution in [0.4, 0.5) is 4.79 Å². The van der Waals surface area contributed by atoms with E-state index in [4.69, 9.17) is 4.74 Å². The van der Waals surface area contributed by atoms with Crippen molar-refractivity contribution < 1.29 is 28.7 Å². The van der Waals surface area contributed by atoms with E-state index >= 15 is 0 Å². The second-order valence-electron chi connectivity index (χ2n) is 8.24. The number of hydrogen-bond acceptors (Lipinski definition) is 6. The van der Waals surface area contributed by atoms with Crippen molar-refractivity contribution in [1.29, 1.82) is 0 Å². The molecule has 2 N–H and O–H groups in total. The van der Waals surface area contributed by atoms with E-state index in [1.807, 2.05) is 0 Å². The summed E-state index contributed by atoms with van der Waals surface area (Å²) in [4.78, 5) is 62.7. The van der Waals surface area contributed by atoms with E-state index in [1.54, 1.807) is 0 Å². The second kappa shape index (κ2) is 8.92. The summed E-state index contributed by atoms with van der Waals surface area (Å²) in [6.45, 7) is 2.77. The second-order valence-corrected chi connectivity index (χ2v) is 8.24. The highest BCUT2D eigenvalue weighted by Gasteiger charge is 2.51. The Hall–Kier alpha value is -2.45. The first-order valence-electron chi connectivity index (χ1n) is 10.5. The summed E-state index contributed by atoms with van der Waals surface area (Å²) in [6, 6.07) is -1.67. The number of urea groups is 1. The number of hydrogen-bond donors (Lipinski definition) is 2. The fraction of sp³-hybridized carbons (Fsp3) is 0.750. The van der Waals surface area contributed by atoms with Gasteiger partial charge in [0.2, 0.25) is 11.8 Å². The smallest absolute Gasteiger partial charge is 0.329 e. The Morgan fingerprint density at radius 3 is 2.00 bits per heavy atom. The van der Waals surface area contributed by atoms with Gasteiger partial charge in [0.15, 0.2) is 6.10 Å². The molecular formula is C20H29N3O6. The van der Waals surface area contributed by atoms with Crippen molar-refractivity contribution in [3.8, 4) is 0 Å². The number of imide groups is 2. The Kier molecular flexibility index (Phi) is 6.54. The molecule has 0 aromatic carbocycles. The molecule has 3 rings (SSSR count). The van der Waals surface area contributed by atoms with E-state index in [0.717, 1.165) is 43.4 Å². The monoisotopic (exact) mass is 407 g/mol. The molecule has 0 aromatic rings. The van der Waals surface area contributed by atoms with Crippen LogP contribution in [0, 0.1) is 11.8 Å². The average Bonchev–Trinajstić information content (AvgIpc) is 3.28. The van der Waals surface area contributed by atoms with E-state index in [1.165, 1.54) is 13.8 Å². The number of carbonyl (C=O) groups excluding carboxylic acids is 5. The lowest BCUT2D eigenvalue weighted by Crippen LogP contribution is -2.49. The zero-order valence-electron chi connectivity index (χ0n) is 16.9. The van der Waals surface area contributed by atoms with Gasteiger partial charge in [-0.05, 0) is 39.5 Å². The average molecular weight is 407 g/mol. The van der Waals surface area contributed by atoms with Crippen molar-refractivity contribution in [3.63, 3.8) is 0 Å². The number of rotatable bonds is 5. The maximum absolute atomic E-state index is 12.6. The molecule has 9 heteroatoms. The van der Waals surface area contributed by atoms with Crippen LogP contribution in [0.1, 0.15) is 65.2 Å². The molecule has 0 aromatic heterocycles. The molecule has 0 bridgehead atoms. The third-order valence-electron chi connectivity index (χ3n) is 6.19. The summed E-state index contributed by atoms with van der Waals surface area (Å²) in [6.07, 6.45) is 5.72. The van der Waals surface area contributed by atoms with E-state index in [9.17, 15) is 24.0 Å². The van der Waals surface area contributed by atoms with Crippen LogP contribution in [0.3, 0.4) is 0 Å². The SMILES string of the molecule is C[C@@H](OC(=O)[C@H](C)N1C(=O)[C@H]2CCCC[C@@H]2C1=O)C(=O)NC(=O)NC1CCCC1. The number of esters is 1. The predicted octanol–water partition coefficient (Wildman–Crippen LogP) is 1.25. The molecule has 2 saturated carbocycles. The van der Waals surface area contributed by atoms with Gasteiger partial charge in [-0.2, -0.15) is 0 Å². The van der Waals surface area contributed by atoms with Gasteiger partial charge in [-0.3, -0.25) is 24.6 Å². The molecule has 3 aliphatic rings. The Bertz CT molecular complexity index is 678. The normalized spacial score (nSPS) is 26.6. The molecule has 0 spiro atoms. The van der Waals surface area contributed by atoms with Gasteiger partial charge in [-0.15, -0.1) is 0 Å². The molecule has 2 aliphatic carbocycles. The first kappa shape index (κ1) is 21.3. The van der Waals surface area contributed by atoms with Gasteiger partial charge in [0.05, 0.1) is 11.8 Å². The lowest BCUT2D eigenvalue weighted by Gasteiger charge is -2.23. The maximum Gasteiger partial charge on any atom is 0.329 e. The van der Waals surface area contributed by atoms with Crippen LogP contribution in [-0.2, 0) is 23.9 Å². The summed E-state index contributed by atoms with van der Waals surface area (Å²) in [5.41, 5.74) is 0. The summed E-state index contributed by atoms with van der Waals surface area (Å²) in [5.74, 6) is -2.98. The van der Waals surface area contributed by atoms with Crippen molar-refractivity contribution in [1.82, 2.24) is 15.5 Å². The lowest BCUT2D eigenvalue weighted by molar-refractivity contribution is -0.163. The molecular weight excluding hydrogens is 378 g/mol. The maximum atomic E-state index is 12.6. The van der Waals surface area contributed by atoms with Crippen LogP contribution in [0.5, 0.6) is 0 Å². The number of nitrogens with zero attached hydrogens (tertiary/aromatic N) is 1. The molecule has 0 radical (unpaired) electrons. The summed E-state index contributed by atoms with van der Waals surface area (Å²) < 4.78 is 5.13. The standard InChI is InChI=1S/C20H29N3O6/c1-11(23-17(25)14-9-5-6-10-15(14)18(23)26)19(27)29-12(2)16(24)22-20(28)21-13-7-3-4-8-13/h11-15H,3-10H2,1-2H3,(H2,21,22,24,28)/t11-,12+,14-,15-/m0/s1. The van der Waals surface area contributed by atoms with E-state index in [0.29, 0.717) is 12.8 Å². The Morgan fingerprint density at radius 1 is 0.931 bits per heavy atom. The molecule has 9 nitrogen and oxygen atoms in total. The first-order chi connectivity index (χ1) is 13.8. The zero-order valence-corrected chi connectivity index (χ0v) is 16.9. The van der Waals surface area contributed by atoms with Gasteiger partial charge >= 0.3 is 12.0 Å². The van der Waals surface area contributed by atoms with Crippen LogP contribution in [-0.4, -0.2) is 52.8 Å². The third-order valence-corrected chi connectivity index (χ3v) is 6.19. The van der Waals surface area contributed by atoms with Crippen LogP contribution in [0.25, 0.3) is 0 Å². The Morgan fingerprint density at radius 2 is 1.45 bits per heavy atom. The molecule has 29 heavy (non-hydrogen) atoms. The topological polar surface area (TPSA) is 122 Å². The van der Waals surface area contributed by atoms with Gasteiger partial charge in [-0.1, -0.05) is 25.7 Å². The minimum atomic E-state index is -1.23. The molecule has 160 valence electrons. The number of nitrogens with one attached hydrogen (secondary N) is 2. The van der Waals surface area contributed by atoms with Gasteiger partial charge in [0.25, 0.3) is 5.91 Å². The lowest BCUT2D eigenvalue weighted by atomic mass is 9.81. The summed E-state index contributed by atoms with van der Waals surface area (Å²) >= 11 is 0. The molecule has 1 aliphatic heterocycles. The van der Waals surface area contributed by atoms with Crippen molar-refractivity contribution >= 4 is 29.7 Å². The molecule has 1 saturated heterocycles. The zero-order chi connectivity index (χ0) is 21.1. The highest BCUT2D eigenvalue weighted by atomic mass is 16.5.